The molecule has 31 heavy (non-hydrogen) atoms. The lowest BCUT2D eigenvalue weighted by Crippen LogP contribution is -2.26. The maximum Gasteiger partial charge on any atom is 0.280 e. The molecule has 0 bridgehead atoms. The van der Waals surface area contributed by atoms with Gasteiger partial charge in [0.05, 0.1) is 25.2 Å². The van der Waals surface area contributed by atoms with E-state index in [0.29, 0.717) is 43.6 Å². The van der Waals surface area contributed by atoms with Crippen LogP contribution < -0.4 is 4.74 Å². The molecule has 1 aliphatic carbocycles. The third-order valence-corrected chi connectivity index (χ3v) is 5.56. The third-order valence-electron chi connectivity index (χ3n) is 5.56. The minimum Gasteiger partial charge on any atom is -0.490 e. The number of hydrogen-bond acceptors (Lipinski definition) is 3. The van der Waals surface area contributed by atoms with Crippen molar-refractivity contribution in [2.24, 2.45) is 0 Å². The Hall–Kier alpha value is -1.85. The summed E-state index contributed by atoms with van der Waals surface area (Å²) < 4.78 is 47.8. The zero-order chi connectivity index (χ0) is 22.5. The standard InChI is InChI=1S/C25H37F3N2O/c1-3-4-5-6-7-8-11-16-31-22-18-29-24(30-19-22)23-15-14-21(17-25(23,27)28)13-10-9-12-20(2)26/h14-15,17-20,23H,3-13,16H2,1-2H3. The predicted molar refractivity (Wildman–Crippen MR) is 119 cm³/mol. The number of ether oxygens (including phenoxy) is 1. The first-order chi connectivity index (χ1) is 14.9. The maximum absolute atomic E-state index is 14.6. The molecule has 174 valence electrons. The second-order valence-corrected chi connectivity index (χ2v) is 8.50. The lowest BCUT2D eigenvalue weighted by Gasteiger charge is -2.25. The highest BCUT2D eigenvalue weighted by molar-refractivity contribution is 5.34. The van der Waals surface area contributed by atoms with E-state index in [1.165, 1.54) is 57.5 Å². The summed E-state index contributed by atoms with van der Waals surface area (Å²) in [5, 5.41) is 0. The lowest BCUT2D eigenvalue weighted by molar-refractivity contribution is 0.0342. The van der Waals surface area contributed by atoms with Gasteiger partial charge in [-0.2, -0.15) is 0 Å². The summed E-state index contributed by atoms with van der Waals surface area (Å²) in [6.07, 6.45) is 17.1. The van der Waals surface area contributed by atoms with Crippen molar-refractivity contribution in [1.29, 1.82) is 0 Å². The molecule has 0 aromatic carbocycles. The molecule has 0 aliphatic heterocycles. The molecule has 0 amide bonds. The van der Waals surface area contributed by atoms with Crippen molar-refractivity contribution >= 4 is 0 Å². The molecule has 2 atom stereocenters. The molecule has 2 unspecified atom stereocenters. The van der Waals surface area contributed by atoms with Crippen LogP contribution >= 0.6 is 0 Å². The molecule has 0 fully saturated rings. The van der Waals surface area contributed by atoms with Gasteiger partial charge in [-0.1, -0.05) is 64.0 Å². The van der Waals surface area contributed by atoms with E-state index in [9.17, 15) is 13.2 Å². The van der Waals surface area contributed by atoms with Crippen molar-refractivity contribution in [3.8, 4) is 5.75 Å². The Morgan fingerprint density at radius 1 is 1.00 bits per heavy atom. The number of hydrogen-bond donors (Lipinski definition) is 0. The summed E-state index contributed by atoms with van der Waals surface area (Å²) in [4.78, 5) is 8.26. The largest absolute Gasteiger partial charge is 0.490 e. The number of alkyl halides is 3. The Bertz CT molecular complexity index is 687. The van der Waals surface area contributed by atoms with Crippen molar-refractivity contribution in [2.75, 3.05) is 6.61 Å². The van der Waals surface area contributed by atoms with Crippen LogP contribution in [0.15, 0.2) is 36.2 Å². The fourth-order valence-electron chi connectivity index (χ4n) is 3.71. The van der Waals surface area contributed by atoms with Crippen LogP contribution in [0.1, 0.15) is 96.2 Å². The number of allylic oxidation sites excluding steroid dienone is 4. The van der Waals surface area contributed by atoms with Gasteiger partial charge in [-0.05, 0) is 44.3 Å². The highest BCUT2D eigenvalue weighted by atomic mass is 19.3. The Labute approximate surface area is 185 Å². The molecule has 1 aromatic rings. The van der Waals surface area contributed by atoms with Crippen LogP contribution in [0.3, 0.4) is 0 Å². The molecule has 1 aliphatic rings. The monoisotopic (exact) mass is 438 g/mol. The van der Waals surface area contributed by atoms with E-state index in [2.05, 4.69) is 16.9 Å². The number of rotatable bonds is 15. The molecule has 0 saturated carbocycles. The van der Waals surface area contributed by atoms with Crippen LogP contribution in [0.5, 0.6) is 5.75 Å². The number of nitrogens with zero attached hydrogens (tertiary/aromatic N) is 2. The first-order valence-electron chi connectivity index (χ1n) is 11.8. The zero-order valence-electron chi connectivity index (χ0n) is 19.0. The predicted octanol–water partition coefficient (Wildman–Crippen LogP) is 7.74. The Morgan fingerprint density at radius 2 is 1.68 bits per heavy atom. The molecule has 0 spiro atoms. The minimum atomic E-state index is -3.04. The Balaban J connectivity index is 1.76. The van der Waals surface area contributed by atoms with Gasteiger partial charge >= 0.3 is 0 Å². The number of unbranched alkanes of at least 4 members (excludes halogenated alkanes) is 7. The second-order valence-electron chi connectivity index (χ2n) is 8.50. The fraction of sp³-hybridized carbons (Fsp3) is 0.680. The topological polar surface area (TPSA) is 35.0 Å². The minimum absolute atomic E-state index is 0.0890. The maximum atomic E-state index is 14.6. The molecule has 0 N–H and O–H groups in total. The number of halogens is 3. The molecule has 6 heteroatoms. The lowest BCUT2D eigenvalue weighted by atomic mass is 9.90. The smallest absolute Gasteiger partial charge is 0.280 e. The molecule has 0 radical (unpaired) electrons. The van der Waals surface area contributed by atoms with Crippen LogP contribution in [0.2, 0.25) is 0 Å². The van der Waals surface area contributed by atoms with Gasteiger partial charge in [0.2, 0.25) is 0 Å². The van der Waals surface area contributed by atoms with Crippen molar-refractivity contribution in [3.05, 3.63) is 42.0 Å². The highest BCUT2D eigenvalue weighted by Gasteiger charge is 2.40. The van der Waals surface area contributed by atoms with E-state index in [1.54, 1.807) is 6.08 Å². The van der Waals surface area contributed by atoms with Gasteiger partial charge in [-0.25, -0.2) is 23.1 Å². The second kappa shape index (κ2) is 13.5. The Morgan fingerprint density at radius 3 is 2.32 bits per heavy atom. The average molecular weight is 439 g/mol. The molecular weight excluding hydrogens is 401 g/mol. The van der Waals surface area contributed by atoms with E-state index >= 15 is 0 Å². The molecule has 1 aromatic heterocycles. The van der Waals surface area contributed by atoms with Gasteiger partial charge in [-0.3, -0.25) is 0 Å². The summed E-state index contributed by atoms with van der Waals surface area (Å²) in [6.45, 7) is 4.31. The van der Waals surface area contributed by atoms with Gasteiger partial charge in [0, 0.05) is 0 Å². The van der Waals surface area contributed by atoms with Crippen LogP contribution in [-0.2, 0) is 0 Å². The van der Waals surface area contributed by atoms with Gasteiger partial charge < -0.3 is 4.74 Å². The molecule has 2 rings (SSSR count). The van der Waals surface area contributed by atoms with Crippen molar-refractivity contribution < 1.29 is 17.9 Å². The van der Waals surface area contributed by atoms with Crippen molar-refractivity contribution in [2.45, 2.75) is 102 Å². The summed E-state index contributed by atoms with van der Waals surface area (Å²) in [7, 11) is 0. The van der Waals surface area contributed by atoms with Gasteiger partial charge in [0.1, 0.15) is 11.7 Å². The van der Waals surface area contributed by atoms with E-state index in [0.717, 1.165) is 18.9 Å². The van der Waals surface area contributed by atoms with Crippen LogP contribution in [0.25, 0.3) is 0 Å². The summed E-state index contributed by atoms with van der Waals surface area (Å²) in [5.41, 5.74) is 0.586. The quantitative estimate of drug-likeness (QED) is 0.263. The molecular formula is C25H37F3N2O. The third kappa shape index (κ3) is 9.44. The summed E-state index contributed by atoms with van der Waals surface area (Å²) in [6, 6.07) is 0. The molecule has 0 saturated heterocycles. The van der Waals surface area contributed by atoms with E-state index in [-0.39, 0.29) is 5.82 Å². The first-order valence-corrected chi connectivity index (χ1v) is 11.8. The van der Waals surface area contributed by atoms with Gasteiger partial charge in [0.15, 0.2) is 5.75 Å². The van der Waals surface area contributed by atoms with Gasteiger partial charge in [0.25, 0.3) is 5.92 Å². The highest BCUT2D eigenvalue weighted by Crippen LogP contribution is 2.39. The Kier molecular flexibility index (Phi) is 11.1. The van der Waals surface area contributed by atoms with Crippen LogP contribution in [-0.4, -0.2) is 28.7 Å². The van der Waals surface area contributed by atoms with Crippen LogP contribution in [0, 0.1) is 0 Å². The SMILES string of the molecule is CCCCCCCCCOc1cnc(C2C=CC(CCCCC(C)F)=CC2(F)F)nc1. The van der Waals surface area contributed by atoms with Crippen molar-refractivity contribution in [3.63, 3.8) is 0 Å². The van der Waals surface area contributed by atoms with Gasteiger partial charge in [-0.15, -0.1) is 0 Å². The van der Waals surface area contributed by atoms with E-state index in [4.69, 9.17) is 4.74 Å². The summed E-state index contributed by atoms with van der Waals surface area (Å²) >= 11 is 0. The van der Waals surface area contributed by atoms with Crippen molar-refractivity contribution in [1.82, 2.24) is 9.97 Å². The normalized spacial score (nSPS) is 18.6. The fourth-order valence-corrected chi connectivity index (χ4v) is 3.71. The number of aromatic nitrogens is 2. The average Bonchev–Trinajstić information content (AvgIpc) is 2.73. The van der Waals surface area contributed by atoms with E-state index in [1.807, 2.05) is 0 Å². The van der Waals surface area contributed by atoms with E-state index < -0.39 is 18.0 Å². The molecule has 1 heterocycles. The van der Waals surface area contributed by atoms with Crippen LogP contribution in [0.4, 0.5) is 13.2 Å². The first kappa shape index (κ1) is 25.4. The zero-order valence-corrected chi connectivity index (χ0v) is 19.0. The molecule has 3 nitrogen and oxygen atoms in total. The summed E-state index contributed by atoms with van der Waals surface area (Å²) in [5.74, 6) is -3.63.